The molecule has 0 saturated heterocycles. The molecule has 2 aromatic carbocycles. The van der Waals surface area contributed by atoms with Crippen molar-refractivity contribution >= 4 is 17.7 Å². The van der Waals surface area contributed by atoms with Crippen molar-refractivity contribution in [1.82, 2.24) is 4.57 Å². The Labute approximate surface area is 158 Å². The van der Waals surface area contributed by atoms with Crippen LogP contribution in [-0.4, -0.2) is 10.5 Å². The molecular formula is C23H22N2O2. The van der Waals surface area contributed by atoms with Crippen LogP contribution in [0, 0.1) is 13.8 Å². The maximum atomic E-state index is 12.1. The first-order valence-corrected chi connectivity index (χ1v) is 8.82. The fourth-order valence-electron chi connectivity index (χ4n) is 2.84. The molecule has 0 bridgehead atoms. The molecule has 0 aliphatic heterocycles. The maximum absolute atomic E-state index is 12.1. The molecule has 0 atom stereocenters. The maximum Gasteiger partial charge on any atom is 0.250 e. The van der Waals surface area contributed by atoms with Gasteiger partial charge in [0.25, 0.3) is 5.56 Å². The van der Waals surface area contributed by atoms with Gasteiger partial charge in [-0.05, 0) is 54.8 Å². The van der Waals surface area contributed by atoms with E-state index in [1.807, 2.05) is 62.4 Å². The number of nitrogens with zero attached hydrogens (tertiary/aromatic N) is 1. The molecule has 0 unspecified atom stereocenters. The lowest BCUT2D eigenvalue weighted by Gasteiger charge is -2.07. The number of hydrogen-bond acceptors (Lipinski definition) is 2. The Kier molecular flexibility index (Phi) is 5.67. The number of rotatable bonds is 5. The van der Waals surface area contributed by atoms with Gasteiger partial charge in [0, 0.05) is 24.0 Å². The number of nitrogens with one attached hydrogen (secondary N) is 1. The minimum atomic E-state index is -0.179. The zero-order valence-corrected chi connectivity index (χ0v) is 15.5. The highest BCUT2D eigenvalue weighted by molar-refractivity contribution is 6.02. The van der Waals surface area contributed by atoms with Gasteiger partial charge in [0.2, 0.25) is 5.91 Å². The Morgan fingerprint density at radius 2 is 1.81 bits per heavy atom. The number of aromatic nitrogens is 1. The zero-order chi connectivity index (χ0) is 19.2. The molecule has 27 heavy (non-hydrogen) atoms. The van der Waals surface area contributed by atoms with Crippen LogP contribution in [0.1, 0.15) is 22.3 Å². The molecule has 1 N–H and O–H groups in total. The molecular weight excluding hydrogens is 336 g/mol. The number of amides is 1. The number of benzene rings is 2. The summed E-state index contributed by atoms with van der Waals surface area (Å²) in [6.45, 7) is 4.58. The number of carbonyl (C=O) groups is 1. The summed E-state index contributed by atoms with van der Waals surface area (Å²) in [4.78, 5) is 23.9. The highest BCUT2D eigenvalue weighted by Gasteiger charge is 2.01. The van der Waals surface area contributed by atoms with E-state index in [1.165, 1.54) is 17.7 Å². The molecule has 3 aromatic rings. The van der Waals surface area contributed by atoms with E-state index in [0.717, 1.165) is 22.4 Å². The number of aryl methyl sites for hydroxylation is 2. The highest BCUT2D eigenvalue weighted by Crippen LogP contribution is 2.13. The molecule has 1 aromatic heterocycles. The van der Waals surface area contributed by atoms with Gasteiger partial charge in [-0.3, -0.25) is 9.59 Å². The van der Waals surface area contributed by atoms with Gasteiger partial charge in [-0.1, -0.05) is 42.0 Å². The van der Waals surface area contributed by atoms with Crippen molar-refractivity contribution in [2.75, 3.05) is 5.32 Å². The minimum Gasteiger partial charge on any atom is -0.323 e. The summed E-state index contributed by atoms with van der Waals surface area (Å²) in [6, 6.07) is 18.7. The van der Waals surface area contributed by atoms with Crippen LogP contribution in [0.25, 0.3) is 6.08 Å². The summed E-state index contributed by atoms with van der Waals surface area (Å²) in [5.74, 6) is -0.179. The zero-order valence-electron chi connectivity index (χ0n) is 15.5. The first-order chi connectivity index (χ1) is 13.0. The monoisotopic (exact) mass is 358 g/mol. The Morgan fingerprint density at radius 3 is 2.52 bits per heavy atom. The summed E-state index contributed by atoms with van der Waals surface area (Å²) in [7, 11) is 0. The molecule has 4 nitrogen and oxygen atoms in total. The molecule has 0 fully saturated rings. The summed E-state index contributed by atoms with van der Waals surface area (Å²) >= 11 is 0. The van der Waals surface area contributed by atoms with Gasteiger partial charge in [0.15, 0.2) is 0 Å². The second-order valence-electron chi connectivity index (χ2n) is 6.55. The fourth-order valence-corrected chi connectivity index (χ4v) is 2.84. The van der Waals surface area contributed by atoms with E-state index in [-0.39, 0.29) is 11.5 Å². The number of pyridine rings is 1. The standard InChI is InChI=1S/C23H22N2O2/c1-17-6-9-20(18(2)15-17)10-13-22(26)24-21-11-7-19(8-12-21)16-25-14-4-3-5-23(25)27/h3-15H,16H2,1-2H3,(H,24,26). The van der Waals surface area contributed by atoms with E-state index in [1.54, 1.807) is 16.8 Å². The predicted octanol–water partition coefficient (Wildman–Crippen LogP) is 4.17. The number of anilines is 1. The third-order valence-electron chi connectivity index (χ3n) is 4.31. The predicted molar refractivity (Wildman–Crippen MR) is 110 cm³/mol. The summed E-state index contributed by atoms with van der Waals surface area (Å²) in [6.07, 6.45) is 5.12. The topological polar surface area (TPSA) is 51.1 Å². The first kappa shape index (κ1) is 18.4. The molecule has 0 radical (unpaired) electrons. The average molecular weight is 358 g/mol. The SMILES string of the molecule is Cc1ccc(C=CC(=O)Nc2ccc(Cn3ccccc3=O)cc2)c(C)c1. The van der Waals surface area contributed by atoms with Crippen LogP contribution >= 0.6 is 0 Å². The van der Waals surface area contributed by atoms with Crippen LogP contribution in [0.2, 0.25) is 0 Å². The van der Waals surface area contributed by atoms with Crippen LogP contribution in [0.15, 0.2) is 77.7 Å². The van der Waals surface area contributed by atoms with Gasteiger partial charge >= 0.3 is 0 Å². The summed E-state index contributed by atoms with van der Waals surface area (Å²) in [5.41, 5.74) is 5.04. The fraction of sp³-hybridized carbons (Fsp3) is 0.130. The van der Waals surface area contributed by atoms with E-state index in [0.29, 0.717) is 6.54 Å². The Morgan fingerprint density at radius 1 is 1.04 bits per heavy atom. The Balaban J connectivity index is 1.62. The number of carbonyl (C=O) groups excluding carboxylic acids is 1. The van der Waals surface area contributed by atoms with Crippen molar-refractivity contribution in [2.24, 2.45) is 0 Å². The average Bonchev–Trinajstić information content (AvgIpc) is 2.64. The van der Waals surface area contributed by atoms with Crippen molar-refractivity contribution in [3.8, 4) is 0 Å². The van der Waals surface area contributed by atoms with Crippen LogP contribution < -0.4 is 10.9 Å². The first-order valence-electron chi connectivity index (χ1n) is 8.82. The summed E-state index contributed by atoms with van der Waals surface area (Å²) in [5, 5.41) is 2.85. The molecule has 3 rings (SSSR count). The quantitative estimate of drug-likeness (QED) is 0.696. The van der Waals surface area contributed by atoms with E-state index in [9.17, 15) is 9.59 Å². The third-order valence-corrected chi connectivity index (χ3v) is 4.31. The smallest absolute Gasteiger partial charge is 0.250 e. The van der Waals surface area contributed by atoms with Gasteiger partial charge in [-0.2, -0.15) is 0 Å². The van der Waals surface area contributed by atoms with Crippen LogP contribution in [0.4, 0.5) is 5.69 Å². The number of hydrogen-bond donors (Lipinski definition) is 1. The van der Waals surface area contributed by atoms with Crippen molar-refractivity contribution in [3.05, 3.63) is 106 Å². The second kappa shape index (κ2) is 8.32. The molecule has 1 amide bonds. The lowest BCUT2D eigenvalue weighted by molar-refractivity contribution is -0.111. The van der Waals surface area contributed by atoms with Gasteiger partial charge < -0.3 is 9.88 Å². The van der Waals surface area contributed by atoms with Crippen LogP contribution in [0.5, 0.6) is 0 Å². The van der Waals surface area contributed by atoms with E-state index >= 15 is 0 Å². The lowest BCUT2D eigenvalue weighted by atomic mass is 10.1. The van der Waals surface area contributed by atoms with Crippen molar-refractivity contribution < 1.29 is 4.79 Å². The molecule has 0 aliphatic carbocycles. The van der Waals surface area contributed by atoms with E-state index < -0.39 is 0 Å². The van der Waals surface area contributed by atoms with E-state index in [2.05, 4.69) is 11.4 Å². The van der Waals surface area contributed by atoms with Crippen molar-refractivity contribution in [1.29, 1.82) is 0 Å². The van der Waals surface area contributed by atoms with Gasteiger partial charge in [-0.15, -0.1) is 0 Å². The van der Waals surface area contributed by atoms with Crippen LogP contribution in [-0.2, 0) is 11.3 Å². The van der Waals surface area contributed by atoms with Crippen molar-refractivity contribution in [2.45, 2.75) is 20.4 Å². The van der Waals surface area contributed by atoms with E-state index in [4.69, 9.17) is 0 Å². The Hall–Kier alpha value is -3.40. The molecule has 1 heterocycles. The molecule has 0 saturated carbocycles. The third kappa shape index (κ3) is 5.05. The molecule has 0 aliphatic rings. The lowest BCUT2D eigenvalue weighted by Crippen LogP contribution is -2.18. The van der Waals surface area contributed by atoms with Gasteiger partial charge in [-0.25, -0.2) is 0 Å². The van der Waals surface area contributed by atoms with Crippen LogP contribution in [0.3, 0.4) is 0 Å². The van der Waals surface area contributed by atoms with Gasteiger partial charge in [0.05, 0.1) is 6.54 Å². The molecule has 4 heteroatoms. The highest BCUT2D eigenvalue weighted by atomic mass is 16.1. The van der Waals surface area contributed by atoms with Gasteiger partial charge in [0.1, 0.15) is 0 Å². The minimum absolute atomic E-state index is 0.0357. The Bertz CT molecular complexity index is 1030. The largest absolute Gasteiger partial charge is 0.323 e. The normalized spacial score (nSPS) is 10.9. The summed E-state index contributed by atoms with van der Waals surface area (Å²) < 4.78 is 1.64. The second-order valence-corrected chi connectivity index (χ2v) is 6.55. The molecule has 0 spiro atoms. The molecule has 136 valence electrons. The van der Waals surface area contributed by atoms with Crippen molar-refractivity contribution in [3.63, 3.8) is 0 Å².